The van der Waals surface area contributed by atoms with Crippen LogP contribution in [0.4, 0.5) is 0 Å². The Morgan fingerprint density at radius 1 is 1.30 bits per heavy atom. The summed E-state index contributed by atoms with van der Waals surface area (Å²) in [4.78, 5) is 0. The molecule has 0 bridgehead atoms. The van der Waals surface area contributed by atoms with Crippen molar-refractivity contribution in [2.75, 3.05) is 6.54 Å². The van der Waals surface area contributed by atoms with Crippen LogP contribution in [0.2, 0.25) is 0 Å². The minimum atomic E-state index is 0.366. The van der Waals surface area contributed by atoms with E-state index in [2.05, 4.69) is 50.4 Å². The van der Waals surface area contributed by atoms with Crippen LogP contribution in [0.15, 0.2) is 28.7 Å². The summed E-state index contributed by atoms with van der Waals surface area (Å²) < 4.78 is 6.14. The lowest BCUT2D eigenvalue weighted by Gasteiger charge is -2.25. The molecule has 3 rings (SSSR count). The van der Waals surface area contributed by atoms with E-state index in [4.69, 9.17) is 4.42 Å². The standard InChI is InChI=1S/C18H25NO/c1-4-19-18(15-7-5-6-13(15)3)17-11-14-10-12(2)8-9-16(14)20-17/h8-11,13,15,18-19H,4-7H2,1-3H3. The first-order valence-electron chi connectivity index (χ1n) is 7.92. The summed E-state index contributed by atoms with van der Waals surface area (Å²) in [6, 6.07) is 9.03. The van der Waals surface area contributed by atoms with Crippen molar-refractivity contribution in [1.29, 1.82) is 0 Å². The van der Waals surface area contributed by atoms with Gasteiger partial charge in [-0.05, 0) is 49.9 Å². The second kappa shape index (κ2) is 5.61. The molecular weight excluding hydrogens is 246 g/mol. The number of rotatable bonds is 4. The zero-order valence-electron chi connectivity index (χ0n) is 12.8. The normalized spacial score (nSPS) is 24.4. The highest BCUT2D eigenvalue weighted by Crippen LogP contribution is 2.41. The number of aryl methyl sites for hydroxylation is 1. The van der Waals surface area contributed by atoms with E-state index >= 15 is 0 Å². The summed E-state index contributed by atoms with van der Waals surface area (Å²) in [5.74, 6) is 2.61. The molecular formula is C18H25NO. The topological polar surface area (TPSA) is 25.2 Å². The molecule has 1 heterocycles. The van der Waals surface area contributed by atoms with E-state index in [1.807, 2.05) is 0 Å². The number of hydrogen-bond acceptors (Lipinski definition) is 2. The highest BCUT2D eigenvalue weighted by molar-refractivity contribution is 5.78. The van der Waals surface area contributed by atoms with Crippen molar-refractivity contribution in [2.24, 2.45) is 11.8 Å². The zero-order chi connectivity index (χ0) is 14.1. The molecule has 1 aromatic heterocycles. The van der Waals surface area contributed by atoms with Gasteiger partial charge in [-0.1, -0.05) is 38.3 Å². The van der Waals surface area contributed by atoms with Gasteiger partial charge >= 0.3 is 0 Å². The monoisotopic (exact) mass is 271 g/mol. The fraction of sp³-hybridized carbons (Fsp3) is 0.556. The van der Waals surface area contributed by atoms with Gasteiger partial charge in [0.05, 0.1) is 6.04 Å². The molecule has 2 nitrogen and oxygen atoms in total. The number of furan rings is 1. The molecule has 1 aromatic carbocycles. The Bertz CT molecular complexity index is 586. The van der Waals surface area contributed by atoms with Crippen LogP contribution >= 0.6 is 0 Å². The maximum Gasteiger partial charge on any atom is 0.134 e. The first-order chi connectivity index (χ1) is 9.69. The molecule has 1 aliphatic rings. The summed E-state index contributed by atoms with van der Waals surface area (Å²) in [5, 5.41) is 4.88. The van der Waals surface area contributed by atoms with Gasteiger partial charge in [0.25, 0.3) is 0 Å². The van der Waals surface area contributed by atoms with Crippen LogP contribution in [-0.4, -0.2) is 6.54 Å². The van der Waals surface area contributed by atoms with Gasteiger partial charge in [-0.3, -0.25) is 0 Å². The maximum absolute atomic E-state index is 6.14. The van der Waals surface area contributed by atoms with Crippen molar-refractivity contribution < 1.29 is 4.42 Å². The molecule has 0 amide bonds. The molecule has 1 saturated carbocycles. The van der Waals surface area contributed by atoms with Crippen LogP contribution in [0.3, 0.4) is 0 Å². The average molecular weight is 271 g/mol. The van der Waals surface area contributed by atoms with Gasteiger partial charge in [-0.2, -0.15) is 0 Å². The van der Waals surface area contributed by atoms with Crippen LogP contribution in [0.25, 0.3) is 11.0 Å². The molecule has 0 aliphatic heterocycles. The van der Waals surface area contributed by atoms with E-state index in [1.165, 1.54) is 30.2 Å². The number of benzene rings is 1. The van der Waals surface area contributed by atoms with E-state index in [9.17, 15) is 0 Å². The van der Waals surface area contributed by atoms with E-state index in [1.54, 1.807) is 0 Å². The van der Waals surface area contributed by atoms with Crippen molar-refractivity contribution >= 4 is 11.0 Å². The number of nitrogens with one attached hydrogen (secondary N) is 1. The zero-order valence-corrected chi connectivity index (χ0v) is 12.8. The van der Waals surface area contributed by atoms with Gasteiger partial charge < -0.3 is 9.73 Å². The van der Waals surface area contributed by atoms with Crippen molar-refractivity contribution in [3.05, 3.63) is 35.6 Å². The fourth-order valence-electron chi connectivity index (χ4n) is 3.69. The predicted octanol–water partition coefficient (Wildman–Crippen LogP) is 4.83. The smallest absolute Gasteiger partial charge is 0.134 e. The molecule has 3 atom stereocenters. The highest BCUT2D eigenvalue weighted by atomic mass is 16.3. The second-order valence-electron chi connectivity index (χ2n) is 6.30. The lowest BCUT2D eigenvalue weighted by Crippen LogP contribution is -2.29. The molecule has 1 aliphatic carbocycles. The third-order valence-corrected chi connectivity index (χ3v) is 4.78. The summed E-state index contributed by atoms with van der Waals surface area (Å²) >= 11 is 0. The quantitative estimate of drug-likeness (QED) is 0.861. The van der Waals surface area contributed by atoms with Gasteiger partial charge in [-0.15, -0.1) is 0 Å². The number of fused-ring (bicyclic) bond motifs is 1. The molecule has 0 radical (unpaired) electrons. The van der Waals surface area contributed by atoms with Gasteiger partial charge in [-0.25, -0.2) is 0 Å². The molecule has 0 saturated heterocycles. The van der Waals surface area contributed by atoms with Crippen LogP contribution < -0.4 is 5.32 Å². The molecule has 2 heteroatoms. The largest absolute Gasteiger partial charge is 0.459 e. The Labute approximate surface area is 121 Å². The van der Waals surface area contributed by atoms with Crippen molar-refractivity contribution in [1.82, 2.24) is 5.32 Å². The van der Waals surface area contributed by atoms with E-state index in [0.717, 1.165) is 23.8 Å². The molecule has 108 valence electrons. The first kappa shape index (κ1) is 13.7. The molecule has 1 fully saturated rings. The average Bonchev–Trinajstić information content (AvgIpc) is 3.01. The van der Waals surface area contributed by atoms with Crippen LogP contribution in [-0.2, 0) is 0 Å². The molecule has 1 N–H and O–H groups in total. The Hall–Kier alpha value is -1.28. The molecule has 3 unspecified atom stereocenters. The second-order valence-corrected chi connectivity index (χ2v) is 6.30. The van der Waals surface area contributed by atoms with Crippen LogP contribution in [0.5, 0.6) is 0 Å². The fourth-order valence-corrected chi connectivity index (χ4v) is 3.69. The predicted molar refractivity (Wildman–Crippen MR) is 83.9 cm³/mol. The summed E-state index contributed by atoms with van der Waals surface area (Å²) in [6.07, 6.45) is 4.02. The third kappa shape index (κ3) is 2.49. The highest BCUT2D eigenvalue weighted by Gasteiger charge is 2.33. The van der Waals surface area contributed by atoms with Gasteiger partial charge in [0.15, 0.2) is 0 Å². The third-order valence-electron chi connectivity index (χ3n) is 4.78. The van der Waals surface area contributed by atoms with Crippen molar-refractivity contribution in [3.8, 4) is 0 Å². The van der Waals surface area contributed by atoms with Crippen LogP contribution in [0, 0.1) is 18.8 Å². The Morgan fingerprint density at radius 2 is 2.15 bits per heavy atom. The Kier molecular flexibility index (Phi) is 3.84. The SMILES string of the molecule is CCNC(c1cc2cc(C)ccc2o1)C1CCCC1C. The van der Waals surface area contributed by atoms with Gasteiger partial charge in [0.1, 0.15) is 11.3 Å². The van der Waals surface area contributed by atoms with Crippen molar-refractivity contribution in [3.63, 3.8) is 0 Å². The summed E-state index contributed by atoms with van der Waals surface area (Å²) in [5.41, 5.74) is 2.30. The van der Waals surface area contributed by atoms with Crippen LogP contribution in [0.1, 0.15) is 50.5 Å². The first-order valence-corrected chi connectivity index (χ1v) is 7.92. The van der Waals surface area contributed by atoms with E-state index in [-0.39, 0.29) is 0 Å². The lowest BCUT2D eigenvalue weighted by atomic mass is 9.88. The summed E-state index contributed by atoms with van der Waals surface area (Å²) in [7, 11) is 0. The number of hydrogen-bond donors (Lipinski definition) is 1. The minimum absolute atomic E-state index is 0.366. The molecule has 2 aromatic rings. The molecule has 0 spiro atoms. The molecule has 20 heavy (non-hydrogen) atoms. The Balaban J connectivity index is 1.96. The van der Waals surface area contributed by atoms with E-state index < -0.39 is 0 Å². The summed E-state index contributed by atoms with van der Waals surface area (Å²) in [6.45, 7) is 7.69. The van der Waals surface area contributed by atoms with Gasteiger partial charge in [0, 0.05) is 5.39 Å². The Morgan fingerprint density at radius 3 is 2.85 bits per heavy atom. The lowest BCUT2D eigenvalue weighted by molar-refractivity contribution is 0.273. The van der Waals surface area contributed by atoms with Gasteiger partial charge in [0.2, 0.25) is 0 Å². The minimum Gasteiger partial charge on any atom is -0.459 e. The van der Waals surface area contributed by atoms with E-state index in [0.29, 0.717) is 12.0 Å². The maximum atomic E-state index is 6.14. The van der Waals surface area contributed by atoms with Crippen molar-refractivity contribution in [2.45, 2.75) is 46.1 Å².